The van der Waals surface area contributed by atoms with E-state index >= 15 is 0 Å². The molecule has 0 saturated carbocycles. The van der Waals surface area contributed by atoms with Crippen molar-refractivity contribution in [2.45, 2.75) is 53.2 Å². The van der Waals surface area contributed by atoms with E-state index in [1.165, 1.54) is 17.5 Å². The fourth-order valence-electron chi connectivity index (χ4n) is 3.25. The molecule has 0 unspecified atom stereocenters. The summed E-state index contributed by atoms with van der Waals surface area (Å²) in [7, 11) is 0. The number of nitrogens with zero attached hydrogens (tertiary/aromatic N) is 1. The van der Waals surface area contributed by atoms with Gasteiger partial charge in [0.25, 0.3) is 0 Å². The van der Waals surface area contributed by atoms with E-state index in [2.05, 4.69) is 93.3 Å². The van der Waals surface area contributed by atoms with Crippen molar-refractivity contribution >= 4 is 0 Å². The summed E-state index contributed by atoms with van der Waals surface area (Å²) < 4.78 is 0. The molecule has 0 fully saturated rings. The minimum absolute atomic E-state index is 0.607. The molecule has 1 nitrogen and oxygen atoms in total. The first-order valence-electron chi connectivity index (χ1n) is 8.88. The number of hydrogen-bond acceptors (Lipinski definition) is 1. The normalized spacial score (nSPS) is 13.0. The molecule has 1 atom stereocenters. The van der Waals surface area contributed by atoms with Crippen LogP contribution in [0.15, 0.2) is 60.7 Å². The Morgan fingerprint density at radius 3 is 1.48 bits per heavy atom. The van der Waals surface area contributed by atoms with Crippen molar-refractivity contribution < 1.29 is 0 Å². The summed E-state index contributed by atoms with van der Waals surface area (Å²) in [6.07, 6.45) is 1.25. The second kappa shape index (κ2) is 8.88. The first-order valence-corrected chi connectivity index (χ1v) is 8.88. The summed E-state index contributed by atoms with van der Waals surface area (Å²) in [6, 6.07) is 22.3. The predicted molar refractivity (Wildman–Crippen MR) is 100 cm³/mol. The average molecular weight is 309 g/mol. The third-order valence-corrected chi connectivity index (χ3v) is 4.41. The Hall–Kier alpha value is -1.60. The molecule has 0 aliphatic rings. The van der Waals surface area contributed by atoms with E-state index in [0.717, 1.165) is 19.0 Å². The minimum Gasteiger partial charge on any atom is -0.292 e. The molecule has 23 heavy (non-hydrogen) atoms. The zero-order valence-corrected chi connectivity index (χ0v) is 15.1. The number of benzene rings is 2. The van der Waals surface area contributed by atoms with Crippen LogP contribution in [0.1, 0.15) is 45.2 Å². The molecule has 2 rings (SSSR count). The van der Waals surface area contributed by atoms with Crippen LogP contribution in [0.5, 0.6) is 0 Å². The highest BCUT2D eigenvalue weighted by atomic mass is 15.2. The fraction of sp³-hybridized carbons (Fsp3) is 0.455. The standard InChI is InChI=1S/C22H31N/c1-18(2)15-22(19(3)4)23(16-20-11-7-5-8-12-20)17-21-13-9-6-10-14-21/h5-14,18-19,22H,15-17H2,1-4H3/t22-/m1/s1. The van der Waals surface area contributed by atoms with Gasteiger partial charge in [0.2, 0.25) is 0 Å². The van der Waals surface area contributed by atoms with Gasteiger partial charge in [-0.05, 0) is 29.4 Å². The van der Waals surface area contributed by atoms with E-state index in [9.17, 15) is 0 Å². The first kappa shape index (κ1) is 17.7. The monoisotopic (exact) mass is 309 g/mol. The Morgan fingerprint density at radius 1 is 0.696 bits per heavy atom. The molecule has 0 bridgehead atoms. The van der Waals surface area contributed by atoms with Crippen LogP contribution in [0, 0.1) is 11.8 Å². The maximum Gasteiger partial charge on any atom is 0.0240 e. The Bertz CT molecular complexity index is 503. The molecule has 2 aromatic rings. The molecular weight excluding hydrogens is 278 g/mol. The largest absolute Gasteiger partial charge is 0.292 e. The van der Waals surface area contributed by atoms with Crippen LogP contribution in [-0.2, 0) is 13.1 Å². The van der Waals surface area contributed by atoms with E-state index in [1.54, 1.807) is 0 Å². The molecule has 0 heterocycles. The third kappa shape index (κ3) is 5.84. The van der Waals surface area contributed by atoms with Gasteiger partial charge in [-0.2, -0.15) is 0 Å². The summed E-state index contributed by atoms with van der Waals surface area (Å²) >= 11 is 0. The Balaban J connectivity index is 2.21. The van der Waals surface area contributed by atoms with E-state index in [0.29, 0.717) is 12.0 Å². The van der Waals surface area contributed by atoms with E-state index < -0.39 is 0 Å². The van der Waals surface area contributed by atoms with E-state index in [-0.39, 0.29) is 0 Å². The second-order valence-electron chi connectivity index (χ2n) is 7.32. The summed E-state index contributed by atoms with van der Waals surface area (Å²) in [5.41, 5.74) is 2.80. The molecule has 0 radical (unpaired) electrons. The molecule has 0 amide bonds. The molecule has 0 N–H and O–H groups in total. The van der Waals surface area contributed by atoms with Crippen molar-refractivity contribution in [1.29, 1.82) is 0 Å². The van der Waals surface area contributed by atoms with Gasteiger partial charge < -0.3 is 0 Å². The summed E-state index contributed by atoms with van der Waals surface area (Å²) in [5, 5.41) is 0. The van der Waals surface area contributed by atoms with Crippen LogP contribution in [-0.4, -0.2) is 10.9 Å². The zero-order valence-electron chi connectivity index (χ0n) is 15.1. The lowest BCUT2D eigenvalue weighted by atomic mass is 9.92. The zero-order chi connectivity index (χ0) is 16.7. The van der Waals surface area contributed by atoms with Crippen molar-refractivity contribution in [3.63, 3.8) is 0 Å². The SMILES string of the molecule is CC(C)C[C@H](C(C)C)N(Cc1ccccc1)Cc1ccccc1. The minimum atomic E-state index is 0.607. The lowest BCUT2D eigenvalue weighted by Gasteiger charge is -2.36. The molecule has 0 saturated heterocycles. The molecule has 1 heteroatoms. The van der Waals surface area contributed by atoms with Crippen molar-refractivity contribution in [2.24, 2.45) is 11.8 Å². The van der Waals surface area contributed by atoms with Gasteiger partial charge in [-0.1, -0.05) is 88.4 Å². The summed E-state index contributed by atoms with van der Waals surface area (Å²) in [5.74, 6) is 1.38. The number of hydrogen-bond donors (Lipinski definition) is 0. The maximum atomic E-state index is 2.66. The van der Waals surface area contributed by atoms with Gasteiger partial charge >= 0.3 is 0 Å². The Morgan fingerprint density at radius 2 is 1.13 bits per heavy atom. The van der Waals surface area contributed by atoms with Gasteiger partial charge in [-0.25, -0.2) is 0 Å². The molecule has 0 aliphatic heterocycles. The smallest absolute Gasteiger partial charge is 0.0240 e. The van der Waals surface area contributed by atoms with Crippen LogP contribution in [0.4, 0.5) is 0 Å². The average Bonchev–Trinajstić information content (AvgIpc) is 2.53. The van der Waals surface area contributed by atoms with Crippen molar-refractivity contribution in [3.8, 4) is 0 Å². The van der Waals surface area contributed by atoms with Crippen molar-refractivity contribution in [3.05, 3.63) is 71.8 Å². The summed E-state index contributed by atoms with van der Waals surface area (Å²) in [4.78, 5) is 2.66. The van der Waals surface area contributed by atoms with Crippen LogP contribution < -0.4 is 0 Å². The molecule has 0 spiro atoms. The molecule has 2 aromatic carbocycles. The number of rotatable bonds is 8. The highest BCUT2D eigenvalue weighted by molar-refractivity contribution is 5.17. The lowest BCUT2D eigenvalue weighted by molar-refractivity contribution is 0.118. The van der Waals surface area contributed by atoms with Gasteiger partial charge in [-0.3, -0.25) is 4.90 Å². The summed E-state index contributed by atoms with van der Waals surface area (Å²) in [6.45, 7) is 11.4. The van der Waals surface area contributed by atoms with E-state index in [1.807, 2.05) is 0 Å². The van der Waals surface area contributed by atoms with Crippen LogP contribution in [0.3, 0.4) is 0 Å². The van der Waals surface area contributed by atoms with E-state index in [4.69, 9.17) is 0 Å². The highest BCUT2D eigenvalue weighted by Crippen LogP contribution is 2.23. The molecule has 0 aliphatic carbocycles. The van der Waals surface area contributed by atoms with Gasteiger partial charge in [-0.15, -0.1) is 0 Å². The predicted octanol–water partition coefficient (Wildman–Crippen LogP) is 5.76. The van der Waals surface area contributed by atoms with Crippen LogP contribution in [0.2, 0.25) is 0 Å². The van der Waals surface area contributed by atoms with Crippen molar-refractivity contribution in [1.82, 2.24) is 4.90 Å². The van der Waals surface area contributed by atoms with Crippen molar-refractivity contribution in [2.75, 3.05) is 0 Å². The maximum absolute atomic E-state index is 2.66. The third-order valence-electron chi connectivity index (χ3n) is 4.41. The van der Waals surface area contributed by atoms with Gasteiger partial charge in [0.05, 0.1) is 0 Å². The lowest BCUT2D eigenvalue weighted by Crippen LogP contribution is -2.39. The topological polar surface area (TPSA) is 3.24 Å². The van der Waals surface area contributed by atoms with Crippen LogP contribution >= 0.6 is 0 Å². The molecule has 0 aromatic heterocycles. The second-order valence-corrected chi connectivity index (χ2v) is 7.32. The van der Waals surface area contributed by atoms with Crippen LogP contribution in [0.25, 0.3) is 0 Å². The van der Waals surface area contributed by atoms with Gasteiger partial charge in [0.15, 0.2) is 0 Å². The van der Waals surface area contributed by atoms with Gasteiger partial charge in [0, 0.05) is 19.1 Å². The first-order chi connectivity index (χ1) is 11.1. The molecular formula is C22H31N. The quantitative estimate of drug-likeness (QED) is 0.599. The Kier molecular flexibility index (Phi) is 6.85. The fourth-order valence-corrected chi connectivity index (χ4v) is 3.25. The Labute approximate surface area is 142 Å². The molecule has 124 valence electrons. The highest BCUT2D eigenvalue weighted by Gasteiger charge is 2.23. The van der Waals surface area contributed by atoms with Gasteiger partial charge in [0.1, 0.15) is 0 Å².